The first kappa shape index (κ1) is 15.8. The summed E-state index contributed by atoms with van der Waals surface area (Å²) in [7, 11) is 1.59. The smallest absolute Gasteiger partial charge is 0.305 e. The van der Waals surface area contributed by atoms with E-state index in [2.05, 4.69) is 5.10 Å². The van der Waals surface area contributed by atoms with Gasteiger partial charge in [0.15, 0.2) is 0 Å². The van der Waals surface area contributed by atoms with Crippen LogP contribution in [-0.4, -0.2) is 28.0 Å². The molecule has 0 radical (unpaired) electrons. The first-order valence-electron chi connectivity index (χ1n) is 6.92. The van der Waals surface area contributed by atoms with E-state index in [0.29, 0.717) is 17.7 Å². The van der Waals surface area contributed by atoms with E-state index in [9.17, 15) is 9.59 Å². The van der Waals surface area contributed by atoms with Gasteiger partial charge in [0.25, 0.3) is 5.56 Å². The van der Waals surface area contributed by atoms with Gasteiger partial charge in [-0.25, -0.2) is 4.68 Å². The van der Waals surface area contributed by atoms with Crippen molar-refractivity contribution in [2.75, 3.05) is 7.11 Å². The van der Waals surface area contributed by atoms with Gasteiger partial charge in [-0.2, -0.15) is 5.10 Å². The van der Waals surface area contributed by atoms with E-state index in [0.717, 1.165) is 11.3 Å². The van der Waals surface area contributed by atoms with Gasteiger partial charge in [0.1, 0.15) is 5.75 Å². The topological polar surface area (TPSA) is 81.4 Å². The zero-order valence-corrected chi connectivity index (χ0v) is 12.6. The van der Waals surface area contributed by atoms with Crippen molar-refractivity contribution in [2.24, 2.45) is 0 Å². The Labute approximate surface area is 128 Å². The molecular formula is C16H18N2O4. The molecule has 6 heteroatoms. The number of hydrogen-bond acceptors (Lipinski definition) is 4. The van der Waals surface area contributed by atoms with Crippen LogP contribution < -0.4 is 10.3 Å². The second-order valence-electron chi connectivity index (χ2n) is 5.01. The van der Waals surface area contributed by atoms with Gasteiger partial charge in [-0.15, -0.1) is 0 Å². The van der Waals surface area contributed by atoms with Crippen LogP contribution in [-0.2, 0) is 17.8 Å². The average molecular weight is 302 g/mol. The molecule has 1 N–H and O–H groups in total. The van der Waals surface area contributed by atoms with Gasteiger partial charge in [-0.3, -0.25) is 9.59 Å². The number of hydrogen-bond donors (Lipinski definition) is 1. The maximum Gasteiger partial charge on any atom is 0.305 e. The molecule has 0 bridgehead atoms. The lowest BCUT2D eigenvalue weighted by Crippen LogP contribution is -2.28. The zero-order valence-electron chi connectivity index (χ0n) is 12.6. The van der Waals surface area contributed by atoms with E-state index in [1.54, 1.807) is 20.1 Å². The fourth-order valence-corrected chi connectivity index (χ4v) is 2.23. The summed E-state index contributed by atoms with van der Waals surface area (Å²) >= 11 is 0. The molecule has 1 aromatic carbocycles. The van der Waals surface area contributed by atoms with Gasteiger partial charge in [-0.05, 0) is 30.7 Å². The minimum absolute atomic E-state index is 0.0704. The monoisotopic (exact) mass is 302 g/mol. The Hall–Kier alpha value is -2.63. The summed E-state index contributed by atoms with van der Waals surface area (Å²) in [6.07, 6.45) is 0.321. The molecule has 0 aliphatic rings. The number of carboxylic acids is 1. The second-order valence-corrected chi connectivity index (χ2v) is 5.01. The largest absolute Gasteiger partial charge is 0.497 e. The highest BCUT2D eigenvalue weighted by atomic mass is 16.5. The molecule has 1 aromatic heterocycles. The van der Waals surface area contributed by atoms with Crippen LogP contribution in [0.15, 0.2) is 35.1 Å². The van der Waals surface area contributed by atoms with Crippen LogP contribution in [0.1, 0.15) is 23.2 Å². The lowest BCUT2D eigenvalue weighted by Gasteiger charge is -2.09. The average Bonchev–Trinajstić information content (AvgIpc) is 2.49. The van der Waals surface area contributed by atoms with Crippen molar-refractivity contribution in [3.63, 3.8) is 0 Å². The van der Waals surface area contributed by atoms with Crippen LogP contribution in [0.2, 0.25) is 0 Å². The van der Waals surface area contributed by atoms with Crippen molar-refractivity contribution < 1.29 is 14.6 Å². The first-order chi connectivity index (χ1) is 10.5. The minimum atomic E-state index is -0.954. The Bertz CT molecular complexity index is 737. The molecule has 6 nitrogen and oxygen atoms in total. The van der Waals surface area contributed by atoms with Crippen LogP contribution in [0.25, 0.3) is 0 Å². The van der Waals surface area contributed by atoms with E-state index in [-0.39, 0.29) is 18.5 Å². The van der Waals surface area contributed by atoms with Gasteiger partial charge in [0.2, 0.25) is 0 Å². The van der Waals surface area contributed by atoms with E-state index in [1.165, 1.54) is 4.68 Å². The Morgan fingerprint density at radius 1 is 1.36 bits per heavy atom. The molecule has 0 aliphatic heterocycles. The highest BCUT2D eigenvalue weighted by molar-refractivity contribution is 5.66. The number of aliphatic carboxylic acids is 1. The van der Waals surface area contributed by atoms with Crippen LogP contribution in [0.3, 0.4) is 0 Å². The van der Waals surface area contributed by atoms with Crippen LogP contribution in [0, 0.1) is 6.92 Å². The SMILES string of the molecule is COc1cccc(Cc2cc(C)nn(CCC(=O)O)c2=O)c1. The minimum Gasteiger partial charge on any atom is -0.497 e. The predicted octanol–water partition coefficient (Wildman–Crippen LogP) is 1.63. The normalized spacial score (nSPS) is 10.5. The summed E-state index contributed by atoms with van der Waals surface area (Å²) in [6.45, 7) is 1.85. The number of ether oxygens (including phenoxy) is 1. The molecule has 0 saturated heterocycles. The molecule has 1 heterocycles. The first-order valence-corrected chi connectivity index (χ1v) is 6.92. The summed E-state index contributed by atoms with van der Waals surface area (Å²) in [5.74, 6) is -0.223. The molecular weight excluding hydrogens is 284 g/mol. The molecule has 116 valence electrons. The fourth-order valence-electron chi connectivity index (χ4n) is 2.23. The molecule has 0 saturated carbocycles. The lowest BCUT2D eigenvalue weighted by atomic mass is 10.1. The Morgan fingerprint density at radius 3 is 2.82 bits per heavy atom. The molecule has 0 amide bonds. The van der Waals surface area contributed by atoms with Crippen molar-refractivity contribution >= 4 is 5.97 Å². The summed E-state index contributed by atoms with van der Waals surface area (Å²) in [6, 6.07) is 9.23. The van der Waals surface area contributed by atoms with Crippen molar-refractivity contribution in [3.05, 3.63) is 57.5 Å². The summed E-state index contributed by atoms with van der Waals surface area (Å²) in [5, 5.41) is 12.8. The molecule has 0 unspecified atom stereocenters. The molecule has 2 aromatic rings. The quantitative estimate of drug-likeness (QED) is 0.877. The zero-order chi connectivity index (χ0) is 16.1. The van der Waals surface area contributed by atoms with Crippen molar-refractivity contribution in [3.8, 4) is 5.75 Å². The number of nitrogens with zero attached hydrogens (tertiary/aromatic N) is 2. The van der Waals surface area contributed by atoms with E-state index >= 15 is 0 Å². The maximum absolute atomic E-state index is 12.4. The van der Waals surface area contributed by atoms with Crippen molar-refractivity contribution in [1.82, 2.24) is 9.78 Å². The van der Waals surface area contributed by atoms with Gasteiger partial charge >= 0.3 is 5.97 Å². The second kappa shape index (κ2) is 6.89. The van der Waals surface area contributed by atoms with Crippen LogP contribution in [0.4, 0.5) is 0 Å². The standard InChI is InChI=1S/C16H18N2O4/c1-11-8-13(9-12-4-3-5-14(10-12)22-2)16(21)18(17-11)7-6-15(19)20/h3-5,8,10H,6-7,9H2,1-2H3,(H,19,20). The maximum atomic E-state index is 12.4. The van der Waals surface area contributed by atoms with E-state index in [4.69, 9.17) is 9.84 Å². The fraction of sp³-hybridized carbons (Fsp3) is 0.312. The van der Waals surface area contributed by atoms with Crippen LogP contribution >= 0.6 is 0 Å². The Balaban J connectivity index is 2.30. The lowest BCUT2D eigenvalue weighted by molar-refractivity contribution is -0.137. The molecule has 0 atom stereocenters. The van der Waals surface area contributed by atoms with Crippen LogP contribution in [0.5, 0.6) is 5.75 Å². The van der Waals surface area contributed by atoms with Gasteiger partial charge in [0.05, 0.1) is 25.8 Å². The van der Waals surface area contributed by atoms with Crippen molar-refractivity contribution in [1.29, 1.82) is 0 Å². The van der Waals surface area contributed by atoms with Crippen molar-refractivity contribution in [2.45, 2.75) is 26.3 Å². The molecule has 2 rings (SSSR count). The number of aryl methyl sites for hydroxylation is 2. The summed E-state index contributed by atoms with van der Waals surface area (Å²) < 4.78 is 6.40. The molecule has 0 fully saturated rings. The number of methoxy groups -OCH3 is 1. The summed E-state index contributed by atoms with van der Waals surface area (Å²) in [5.41, 5.74) is 1.97. The van der Waals surface area contributed by atoms with E-state index in [1.807, 2.05) is 24.3 Å². The highest BCUT2D eigenvalue weighted by Crippen LogP contribution is 2.15. The number of carbonyl (C=O) groups is 1. The third-order valence-electron chi connectivity index (χ3n) is 3.24. The number of rotatable bonds is 6. The molecule has 0 aliphatic carbocycles. The van der Waals surface area contributed by atoms with E-state index < -0.39 is 5.97 Å². The third kappa shape index (κ3) is 3.94. The third-order valence-corrected chi connectivity index (χ3v) is 3.24. The molecule has 0 spiro atoms. The Kier molecular flexibility index (Phi) is 4.93. The number of benzene rings is 1. The van der Waals surface area contributed by atoms with Gasteiger partial charge in [0, 0.05) is 12.0 Å². The predicted molar refractivity (Wildman–Crippen MR) is 81.3 cm³/mol. The number of aromatic nitrogens is 2. The highest BCUT2D eigenvalue weighted by Gasteiger charge is 2.09. The molecule has 22 heavy (non-hydrogen) atoms. The van der Waals surface area contributed by atoms with Gasteiger partial charge < -0.3 is 9.84 Å². The Morgan fingerprint density at radius 2 is 2.14 bits per heavy atom. The number of carboxylic acid groups (broad SMARTS) is 1. The summed E-state index contributed by atoms with van der Waals surface area (Å²) in [4.78, 5) is 23.0. The van der Waals surface area contributed by atoms with Gasteiger partial charge in [-0.1, -0.05) is 12.1 Å².